The van der Waals surface area contributed by atoms with Crippen molar-refractivity contribution < 1.29 is 14.3 Å². The van der Waals surface area contributed by atoms with Crippen molar-refractivity contribution in [3.05, 3.63) is 83.6 Å². The van der Waals surface area contributed by atoms with Crippen LogP contribution < -0.4 is 0 Å². The van der Waals surface area contributed by atoms with Gasteiger partial charge in [0, 0.05) is 30.4 Å². The number of hydrogen-bond donors (Lipinski definition) is 1. The van der Waals surface area contributed by atoms with Crippen molar-refractivity contribution in [1.29, 1.82) is 0 Å². The highest BCUT2D eigenvalue weighted by atomic mass is 19.1. The smallest absolute Gasteiger partial charge is 0.258 e. The topological polar surface area (TPSA) is 71.2 Å². The van der Waals surface area contributed by atoms with Gasteiger partial charge in [-0.15, -0.1) is 0 Å². The summed E-state index contributed by atoms with van der Waals surface area (Å²) < 4.78 is 16.7. The number of hydrogen-bond acceptors (Lipinski definition) is 4. The molecule has 30 heavy (non-hydrogen) atoms. The Labute approximate surface area is 173 Å². The summed E-state index contributed by atoms with van der Waals surface area (Å²) in [6, 6.07) is 13.6. The highest BCUT2D eigenvalue weighted by Gasteiger charge is 2.45. The van der Waals surface area contributed by atoms with Crippen molar-refractivity contribution in [3.8, 4) is 11.1 Å². The fourth-order valence-electron chi connectivity index (χ4n) is 3.92. The predicted molar refractivity (Wildman–Crippen MR) is 110 cm³/mol. The first-order valence-corrected chi connectivity index (χ1v) is 9.36. The number of rotatable bonds is 3. The van der Waals surface area contributed by atoms with Crippen molar-refractivity contribution in [1.82, 2.24) is 19.7 Å². The molecule has 1 N–H and O–H groups in total. The summed E-state index contributed by atoms with van der Waals surface area (Å²) in [5.41, 5.74) is 0.784. The van der Waals surface area contributed by atoms with Crippen LogP contribution in [0.4, 0.5) is 4.39 Å². The first kappa shape index (κ1) is 18.5. The van der Waals surface area contributed by atoms with Crippen LogP contribution in [-0.2, 0) is 19.2 Å². The van der Waals surface area contributed by atoms with Gasteiger partial charge in [-0.1, -0.05) is 24.3 Å². The molecule has 0 bridgehead atoms. The second-order valence-corrected chi connectivity index (χ2v) is 7.36. The van der Waals surface area contributed by atoms with Crippen LogP contribution in [0.25, 0.3) is 22.0 Å². The summed E-state index contributed by atoms with van der Waals surface area (Å²) in [7, 11) is 7.81. The van der Waals surface area contributed by atoms with E-state index in [1.54, 1.807) is 22.9 Å². The number of halogens is 1. The summed E-state index contributed by atoms with van der Waals surface area (Å²) in [4.78, 5) is 17.7. The zero-order chi connectivity index (χ0) is 21.0. The Bertz CT molecular complexity index is 1320. The van der Waals surface area contributed by atoms with Crippen molar-refractivity contribution in [2.75, 3.05) is 0 Å². The van der Waals surface area contributed by atoms with Crippen LogP contribution in [0.3, 0.4) is 0 Å². The molecule has 0 fully saturated rings. The average Bonchev–Trinajstić information content (AvgIpc) is 3.19. The van der Waals surface area contributed by atoms with E-state index in [0.29, 0.717) is 5.56 Å². The van der Waals surface area contributed by atoms with Crippen LogP contribution in [0, 0.1) is 5.82 Å². The first-order chi connectivity index (χ1) is 14.4. The molecule has 1 aliphatic rings. The number of fused-ring (bicyclic) bond motifs is 2. The molecule has 4 aromatic rings. The van der Waals surface area contributed by atoms with E-state index in [1.165, 1.54) is 18.3 Å². The van der Waals surface area contributed by atoms with Gasteiger partial charge in [0.2, 0.25) is 0 Å². The van der Waals surface area contributed by atoms with E-state index < -0.39 is 17.3 Å². The van der Waals surface area contributed by atoms with E-state index in [2.05, 4.69) is 10.1 Å². The molecule has 6 nitrogen and oxygen atoms in total. The normalized spacial score (nSPS) is 18.2. The van der Waals surface area contributed by atoms with E-state index in [9.17, 15) is 9.90 Å². The van der Waals surface area contributed by atoms with Crippen LogP contribution >= 0.6 is 0 Å². The molecule has 2 radical (unpaired) electrons. The summed E-state index contributed by atoms with van der Waals surface area (Å²) >= 11 is 0. The molecule has 1 unspecified atom stereocenters. The van der Waals surface area contributed by atoms with Gasteiger partial charge in [0.05, 0.1) is 23.3 Å². The van der Waals surface area contributed by atoms with Crippen molar-refractivity contribution in [2.24, 2.45) is 7.05 Å². The number of aromatic nitrogens is 3. The van der Waals surface area contributed by atoms with Crippen LogP contribution in [-0.4, -0.2) is 38.5 Å². The van der Waals surface area contributed by atoms with E-state index in [1.807, 2.05) is 31.4 Å². The largest absolute Gasteiger partial charge is 0.374 e. The van der Waals surface area contributed by atoms with Crippen molar-refractivity contribution >= 4 is 24.7 Å². The van der Waals surface area contributed by atoms with Crippen molar-refractivity contribution in [3.63, 3.8) is 0 Å². The number of carbonyl (C=O) groups excluding carboxylic acids is 1. The Hall–Kier alpha value is -3.52. The molecule has 1 atom stereocenters. The van der Waals surface area contributed by atoms with Gasteiger partial charge in [0.15, 0.2) is 7.85 Å². The van der Waals surface area contributed by atoms with E-state index in [-0.39, 0.29) is 23.4 Å². The third-order valence-corrected chi connectivity index (χ3v) is 5.40. The maximum absolute atomic E-state index is 15.0. The maximum atomic E-state index is 15.0. The Morgan fingerprint density at radius 1 is 1.17 bits per heavy atom. The van der Waals surface area contributed by atoms with E-state index >= 15 is 4.39 Å². The third-order valence-electron chi connectivity index (χ3n) is 5.40. The molecule has 1 aliphatic heterocycles. The fourth-order valence-corrected chi connectivity index (χ4v) is 3.92. The van der Waals surface area contributed by atoms with Gasteiger partial charge in [-0.05, 0) is 35.4 Å². The zero-order valence-electron chi connectivity index (χ0n) is 16.1. The summed E-state index contributed by atoms with van der Waals surface area (Å²) in [5, 5.41) is 16.0. The molecule has 3 heterocycles. The molecule has 146 valence electrons. The minimum Gasteiger partial charge on any atom is -0.374 e. The predicted octanol–water partition coefficient (Wildman–Crippen LogP) is 2.70. The number of aliphatic hydroxyl groups is 1. The molecule has 5 rings (SSSR count). The summed E-state index contributed by atoms with van der Waals surface area (Å²) in [5.74, 6) is -0.993. The lowest BCUT2D eigenvalue weighted by atomic mass is 9.87. The Morgan fingerprint density at radius 3 is 2.73 bits per heavy atom. The molecular weight excluding hydrogens is 382 g/mol. The number of pyridine rings is 1. The number of benzene rings is 2. The molecule has 2 aromatic heterocycles. The van der Waals surface area contributed by atoms with Crippen molar-refractivity contribution in [2.45, 2.75) is 12.2 Å². The number of carbonyl (C=O) groups is 1. The van der Waals surface area contributed by atoms with Crippen LogP contribution in [0.5, 0.6) is 0 Å². The quantitative estimate of drug-likeness (QED) is 0.539. The highest BCUT2D eigenvalue weighted by Crippen LogP contribution is 2.35. The fraction of sp³-hybridized carbons (Fsp3) is 0.136. The van der Waals surface area contributed by atoms with Gasteiger partial charge in [-0.3, -0.25) is 14.5 Å². The standard InChI is InChI=1S/C22H16BFN4O2/c1-27-12-17-15(4-2-6-19(17)26-27)13-7-8-14(18(24)10-13)11-28-21(29)16-5-3-9-25-20(16)22(28,23)30/h2-10,12,30H,11H2,1H3. The lowest BCUT2D eigenvalue weighted by Crippen LogP contribution is -2.44. The molecule has 0 saturated heterocycles. The molecule has 0 spiro atoms. The number of nitrogens with zero attached hydrogens (tertiary/aromatic N) is 4. The molecule has 0 saturated carbocycles. The average molecular weight is 398 g/mol. The lowest BCUT2D eigenvalue weighted by molar-refractivity contribution is -0.0227. The van der Waals surface area contributed by atoms with Gasteiger partial charge in [-0.2, -0.15) is 5.10 Å². The second-order valence-electron chi connectivity index (χ2n) is 7.36. The van der Waals surface area contributed by atoms with Gasteiger partial charge >= 0.3 is 0 Å². The Kier molecular flexibility index (Phi) is 4.01. The first-order valence-electron chi connectivity index (χ1n) is 9.36. The summed E-state index contributed by atoms with van der Waals surface area (Å²) in [6.07, 6.45) is 3.33. The minimum absolute atomic E-state index is 0.0651. The van der Waals surface area contributed by atoms with Crippen LogP contribution in [0.2, 0.25) is 0 Å². The van der Waals surface area contributed by atoms with Gasteiger partial charge in [0.25, 0.3) is 5.91 Å². The molecule has 8 heteroatoms. The zero-order valence-corrected chi connectivity index (χ0v) is 16.1. The SMILES string of the molecule is [B]C1(O)c2ncccc2C(=O)N1Cc1ccc(-c2cccc3nn(C)cc23)cc1F. The number of amides is 1. The molecular formula is C22H16BFN4O2. The van der Waals surface area contributed by atoms with Gasteiger partial charge in [0.1, 0.15) is 11.4 Å². The number of aryl methyl sites for hydroxylation is 1. The Morgan fingerprint density at radius 2 is 1.97 bits per heavy atom. The Balaban J connectivity index is 1.50. The summed E-state index contributed by atoms with van der Waals surface area (Å²) in [6.45, 7) is -0.189. The lowest BCUT2D eigenvalue weighted by Gasteiger charge is -2.31. The van der Waals surface area contributed by atoms with E-state index in [4.69, 9.17) is 7.85 Å². The highest BCUT2D eigenvalue weighted by molar-refractivity contribution is 6.19. The van der Waals surface area contributed by atoms with Gasteiger partial charge in [-0.25, -0.2) is 4.39 Å². The third kappa shape index (κ3) is 2.72. The monoisotopic (exact) mass is 398 g/mol. The molecule has 1 amide bonds. The van der Waals surface area contributed by atoms with Gasteiger partial charge < -0.3 is 10.0 Å². The maximum Gasteiger partial charge on any atom is 0.258 e. The molecule has 0 aliphatic carbocycles. The second kappa shape index (κ2) is 6.50. The van der Waals surface area contributed by atoms with E-state index in [0.717, 1.165) is 21.4 Å². The molecule has 2 aromatic carbocycles. The van der Waals surface area contributed by atoms with Crippen LogP contribution in [0.1, 0.15) is 21.6 Å². The van der Waals surface area contributed by atoms with Crippen LogP contribution in [0.15, 0.2) is 60.9 Å². The minimum atomic E-state index is -2.10.